The first kappa shape index (κ1) is 10.3. The number of halogens is 1. The summed E-state index contributed by atoms with van der Waals surface area (Å²) in [6.45, 7) is 1.96. The molecule has 0 bridgehead atoms. The third-order valence-corrected chi connectivity index (χ3v) is 4.14. The summed E-state index contributed by atoms with van der Waals surface area (Å²) in [4.78, 5) is 12.7. The van der Waals surface area contributed by atoms with E-state index in [2.05, 4.69) is 40.0 Å². The average Bonchev–Trinajstić information content (AvgIpc) is 2.27. The lowest BCUT2D eigenvalue weighted by Gasteiger charge is -2.06. The Kier molecular flexibility index (Phi) is 3.02. The molecule has 14 heavy (non-hydrogen) atoms. The van der Waals surface area contributed by atoms with Crippen LogP contribution in [0.4, 0.5) is 5.69 Å². The summed E-state index contributed by atoms with van der Waals surface area (Å²) in [7, 11) is 0. The van der Waals surface area contributed by atoms with Crippen LogP contribution in [0.1, 0.15) is 6.92 Å². The zero-order valence-electron chi connectivity index (χ0n) is 7.71. The molecule has 2 rings (SSSR count). The number of carbonyl (C=O) groups is 1. The van der Waals surface area contributed by atoms with Gasteiger partial charge in [-0.1, -0.05) is 6.92 Å². The second kappa shape index (κ2) is 4.10. The standard InChI is InChI=1S/C10H10INOS/c1-6-5-14-9-3-2-7(11)4-8(9)12-10(6)13/h2-4,6H,5H2,1H3,(H,12,13). The van der Waals surface area contributed by atoms with Crippen LogP contribution in [-0.4, -0.2) is 11.7 Å². The number of rotatable bonds is 0. The number of thioether (sulfide) groups is 1. The molecule has 0 aliphatic carbocycles. The molecule has 1 aliphatic rings. The van der Waals surface area contributed by atoms with Crippen molar-refractivity contribution in [3.63, 3.8) is 0 Å². The number of amides is 1. The van der Waals surface area contributed by atoms with Gasteiger partial charge in [0.05, 0.1) is 5.69 Å². The summed E-state index contributed by atoms with van der Waals surface area (Å²) in [5.74, 6) is 1.07. The van der Waals surface area contributed by atoms with E-state index in [1.807, 2.05) is 13.0 Å². The molecule has 2 nitrogen and oxygen atoms in total. The number of benzene rings is 1. The van der Waals surface area contributed by atoms with Crippen LogP contribution in [0.2, 0.25) is 0 Å². The maximum atomic E-state index is 11.6. The van der Waals surface area contributed by atoms with Gasteiger partial charge in [-0.15, -0.1) is 11.8 Å². The van der Waals surface area contributed by atoms with Crippen LogP contribution in [0.25, 0.3) is 0 Å². The lowest BCUT2D eigenvalue weighted by Crippen LogP contribution is -2.20. The summed E-state index contributed by atoms with van der Waals surface area (Å²) in [6, 6.07) is 6.15. The Balaban J connectivity index is 2.38. The number of nitrogens with one attached hydrogen (secondary N) is 1. The van der Waals surface area contributed by atoms with E-state index in [1.54, 1.807) is 11.8 Å². The zero-order chi connectivity index (χ0) is 10.1. The van der Waals surface area contributed by atoms with E-state index >= 15 is 0 Å². The van der Waals surface area contributed by atoms with E-state index in [9.17, 15) is 4.79 Å². The van der Waals surface area contributed by atoms with Crippen LogP contribution in [0.15, 0.2) is 23.1 Å². The van der Waals surface area contributed by atoms with Crippen LogP contribution < -0.4 is 5.32 Å². The van der Waals surface area contributed by atoms with E-state index < -0.39 is 0 Å². The molecule has 74 valence electrons. The predicted octanol–water partition coefficient (Wildman–Crippen LogP) is 2.97. The first-order valence-corrected chi connectivity index (χ1v) is 6.46. The van der Waals surface area contributed by atoms with Crippen molar-refractivity contribution in [2.75, 3.05) is 11.1 Å². The maximum Gasteiger partial charge on any atom is 0.228 e. The third-order valence-electron chi connectivity index (χ3n) is 2.14. The Bertz CT molecular complexity index is 380. The molecule has 1 N–H and O–H groups in total. The van der Waals surface area contributed by atoms with Gasteiger partial charge in [-0.05, 0) is 40.8 Å². The van der Waals surface area contributed by atoms with Gasteiger partial charge in [0.1, 0.15) is 0 Å². The molecular formula is C10H10INOS. The molecule has 1 aliphatic heterocycles. The van der Waals surface area contributed by atoms with E-state index in [0.717, 1.165) is 15.0 Å². The maximum absolute atomic E-state index is 11.6. The second-order valence-corrected chi connectivity index (χ2v) is 5.65. The normalized spacial score (nSPS) is 21.0. The fourth-order valence-electron chi connectivity index (χ4n) is 1.27. The second-order valence-electron chi connectivity index (χ2n) is 3.34. The van der Waals surface area contributed by atoms with Crippen LogP contribution in [-0.2, 0) is 4.79 Å². The van der Waals surface area contributed by atoms with Crippen LogP contribution in [0, 0.1) is 9.49 Å². The molecule has 0 aromatic heterocycles. The molecule has 0 saturated heterocycles. The highest BCUT2D eigenvalue weighted by Gasteiger charge is 2.19. The van der Waals surface area contributed by atoms with E-state index in [-0.39, 0.29) is 11.8 Å². The van der Waals surface area contributed by atoms with Crippen molar-refractivity contribution in [3.05, 3.63) is 21.8 Å². The third kappa shape index (κ3) is 2.06. The molecule has 0 fully saturated rings. The molecule has 1 amide bonds. The number of fused-ring (bicyclic) bond motifs is 1. The molecule has 1 aromatic carbocycles. The molecule has 1 heterocycles. The smallest absolute Gasteiger partial charge is 0.228 e. The van der Waals surface area contributed by atoms with Gasteiger partial charge in [-0.2, -0.15) is 0 Å². The van der Waals surface area contributed by atoms with Gasteiger partial charge in [0.2, 0.25) is 5.91 Å². The van der Waals surface area contributed by atoms with Gasteiger partial charge in [-0.3, -0.25) is 4.79 Å². The number of hydrogen-bond donors (Lipinski definition) is 1. The minimum atomic E-state index is 0.0880. The zero-order valence-corrected chi connectivity index (χ0v) is 10.7. The first-order valence-electron chi connectivity index (χ1n) is 4.40. The molecule has 0 saturated carbocycles. The van der Waals surface area contributed by atoms with Crippen LogP contribution >= 0.6 is 34.4 Å². The molecule has 0 spiro atoms. The van der Waals surface area contributed by atoms with Crippen LogP contribution in [0.3, 0.4) is 0 Å². The van der Waals surface area contributed by atoms with Crippen molar-refractivity contribution in [3.8, 4) is 0 Å². The van der Waals surface area contributed by atoms with Crippen molar-refractivity contribution in [2.24, 2.45) is 5.92 Å². The lowest BCUT2D eigenvalue weighted by molar-refractivity contribution is -0.118. The fraction of sp³-hybridized carbons (Fsp3) is 0.300. The molecule has 1 atom stereocenters. The quantitative estimate of drug-likeness (QED) is 0.745. The summed E-state index contributed by atoms with van der Waals surface area (Å²) < 4.78 is 1.15. The highest BCUT2D eigenvalue weighted by molar-refractivity contribution is 14.1. The monoisotopic (exact) mass is 319 g/mol. The topological polar surface area (TPSA) is 29.1 Å². The van der Waals surface area contributed by atoms with Crippen molar-refractivity contribution in [2.45, 2.75) is 11.8 Å². The fourth-order valence-corrected chi connectivity index (χ4v) is 2.77. The summed E-state index contributed by atoms with van der Waals surface area (Å²) >= 11 is 3.99. The Morgan fingerprint density at radius 1 is 1.57 bits per heavy atom. The molecule has 0 radical (unpaired) electrons. The van der Waals surface area contributed by atoms with Gasteiger partial charge in [0.15, 0.2) is 0 Å². The van der Waals surface area contributed by atoms with Gasteiger partial charge in [0.25, 0.3) is 0 Å². The lowest BCUT2D eigenvalue weighted by atomic mass is 10.2. The van der Waals surface area contributed by atoms with Crippen LogP contribution in [0.5, 0.6) is 0 Å². The first-order chi connectivity index (χ1) is 6.66. The Hall–Kier alpha value is -0.230. The van der Waals surface area contributed by atoms with Crippen molar-refractivity contribution in [1.29, 1.82) is 0 Å². The highest BCUT2D eigenvalue weighted by Crippen LogP contribution is 2.33. The molecule has 1 unspecified atom stereocenters. The molecular weight excluding hydrogens is 309 g/mol. The van der Waals surface area contributed by atoms with Gasteiger partial charge >= 0.3 is 0 Å². The van der Waals surface area contributed by atoms with Gasteiger partial charge in [0, 0.05) is 20.1 Å². The van der Waals surface area contributed by atoms with Crippen molar-refractivity contribution in [1.82, 2.24) is 0 Å². The van der Waals surface area contributed by atoms with Crippen molar-refractivity contribution < 1.29 is 4.79 Å². The van der Waals surface area contributed by atoms with Gasteiger partial charge in [-0.25, -0.2) is 0 Å². The predicted molar refractivity (Wildman–Crippen MR) is 67.7 cm³/mol. The summed E-state index contributed by atoms with van der Waals surface area (Å²) in [6.07, 6.45) is 0. The summed E-state index contributed by atoms with van der Waals surface area (Å²) in [5.41, 5.74) is 0.955. The number of anilines is 1. The Labute approximate surface area is 101 Å². The number of hydrogen-bond acceptors (Lipinski definition) is 2. The van der Waals surface area contributed by atoms with Crippen molar-refractivity contribution >= 4 is 45.9 Å². The molecule has 4 heteroatoms. The molecule has 1 aromatic rings. The minimum absolute atomic E-state index is 0.0880. The Morgan fingerprint density at radius 2 is 2.36 bits per heavy atom. The SMILES string of the molecule is CC1CSc2ccc(I)cc2NC1=O. The van der Waals surface area contributed by atoms with Gasteiger partial charge < -0.3 is 5.32 Å². The minimum Gasteiger partial charge on any atom is -0.325 e. The van der Waals surface area contributed by atoms with E-state index in [1.165, 1.54) is 4.90 Å². The van der Waals surface area contributed by atoms with E-state index in [4.69, 9.17) is 0 Å². The highest BCUT2D eigenvalue weighted by atomic mass is 127. The number of carbonyl (C=O) groups excluding carboxylic acids is 1. The van der Waals surface area contributed by atoms with E-state index in [0.29, 0.717) is 0 Å². The average molecular weight is 319 g/mol. The summed E-state index contributed by atoms with van der Waals surface area (Å²) in [5, 5.41) is 2.95. The Morgan fingerprint density at radius 3 is 3.14 bits per heavy atom. The largest absolute Gasteiger partial charge is 0.325 e.